The summed E-state index contributed by atoms with van der Waals surface area (Å²) in [5, 5.41) is 0. The van der Waals surface area contributed by atoms with Gasteiger partial charge in [0.2, 0.25) is 0 Å². The van der Waals surface area contributed by atoms with E-state index < -0.39 is 0 Å². The van der Waals surface area contributed by atoms with Gasteiger partial charge in [-0.2, -0.15) is 0 Å². The molecule has 1 aromatic carbocycles. The zero-order chi connectivity index (χ0) is 15.6. The maximum Gasteiger partial charge on any atom is 0.254 e. The highest BCUT2D eigenvalue weighted by Gasteiger charge is 2.27. The monoisotopic (exact) mass is 352 g/mol. The van der Waals surface area contributed by atoms with Gasteiger partial charge in [-0.25, -0.2) is 0 Å². The van der Waals surface area contributed by atoms with E-state index in [4.69, 9.17) is 5.73 Å². The molecule has 0 atom stereocenters. The molecule has 0 unspecified atom stereocenters. The van der Waals surface area contributed by atoms with E-state index in [1.807, 2.05) is 31.0 Å². The number of hydrogen-bond acceptors (Lipinski definition) is 2. The quantitative estimate of drug-likeness (QED) is 0.820. The van der Waals surface area contributed by atoms with Gasteiger partial charge in [-0.3, -0.25) is 4.79 Å². The van der Waals surface area contributed by atoms with E-state index in [0.717, 1.165) is 28.8 Å². The lowest BCUT2D eigenvalue weighted by Crippen LogP contribution is -2.39. The Balaban J connectivity index is 2.13. The summed E-state index contributed by atoms with van der Waals surface area (Å²) in [5.41, 5.74) is 8.22. The zero-order valence-corrected chi connectivity index (χ0v) is 14.7. The van der Waals surface area contributed by atoms with E-state index in [-0.39, 0.29) is 5.91 Å². The number of rotatable bonds is 3. The number of benzene rings is 1. The van der Waals surface area contributed by atoms with Gasteiger partial charge in [0.25, 0.3) is 5.91 Å². The second kappa shape index (κ2) is 6.82. The van der Waals surface area contributed by atoms with Gasteiger partial charge >= 0.3 is 0 Å². The number of hydrogen-bond donors (Lipinski definition) is 1. The molecule has 0 radical (unpaired) electrons. The molecule has 0 aromatic heterocycles. The predicted octanol–water partition coefficient (Wildman–Crippen LogP) is 4.38. The van der Waals surface area contributed by atoms with Crippen molar-refractivity contribution in [2.24, 2.45) is 5.92 Å². The van der Waals surface area contributed by atoms with Crippen LogP contribution in [0.5, 0.6) is 0 Å². The third kappa shape index (κ3) is 3.60. The molecule has 1 fully saturated rings. The highest BCUT2D eigenvalue weighted by atomic mass is 79.9. The van der Waals surface area contributed by atoms with Crippen LogP contribution in [0.2, 0.25) is 0 Å². The van der Waals surface area contributed by atoms with E-state index in [2.05, 4.69) is 22.9 Å². The lowest BCUT2D eigenvalue weighted by Gasteiger charge is -2.34. The first-order valence-electron chi connectivity index (χ1n) is 7.76. The van der Waals surface area contributed by atoms with E-state index in [9.17, 15) is 4.79 Å². The normalized spacial score (nSPS) is 22.1. The second-order valence-corrected chi connectivity index (χ2v) is 7.08. The minimum Gasteiger partial charge on any atom is -0.398 e. The summed E-state index contributed by atoms with van der Waals surface area (Å²) in [6, 6.07) is 4.08. The van der Waals surface area contributed by atoms with Crippen molar-refractivity contribution in [3.8, 4) is 0 Å². The molecular formula is C17H25BrN2O. The number of nitrogen functional groups attached to an aromatic ring is 1. The van der Waals surface area contributed by atoms with Crippen molar-refractivity contribution in [3.05, 3.63) is 27.7 Å². The summed E-state index contributed by atoms with van der Waals surface area (Å²) in [7, 11) is 1.93. The van der Waals surface area contributed by atoms with E-state index in [1.54, 1.807) is 0 Å². The molecule has 21 heavy (non-hydrogen) atoms. The summed E-state index contributed by atoms with van der Waals surface area (Å²) in [6.45, 7) is 4.17. The van der Waals surface area contributed by atoms with E-state index in [1.165, 1.54) is 19.3 Å². The first-order chi connectivity index (χ1) is 9.93. The fourth-order valence-electron chi connectivity index (χ4n) is 3.22. The lowest BCUT2D eigenvalue weighted by molar-refractivity contribution is 0.0674. The number of nitrogens with two attached hydrogens (primary N) is 1. The van der Waals surface area contributed by atoms with Gasteiger partial charge in [0.15, 0.2) is 0 Å². The molecule has 1 aromatic rings. The van der Waals surface area contributed by atoms with Gasteiger partial charge in [-0.1, -0.05) is 29.3 Å². The zero-order valence-electron chi connectivity index (χ0n) is 13.2. The average Bonchev–Trinajstić information content (AvgIpc) is 2.49. The largest absolute Gasteiger partial charge is 0.398 e. The fraction of sp³-hybridized carbons (Fsp3) is 0.588. The molecule has 116 valence electrons. The van der Waals surface area contributed by atoms with Crippen LogP contribution < -0.4 is 5.73 Å². The Bertz CT molecular complexity index is 522. The highest BCUT2D eigenvalue weighted by Crippen LogP contribution is 2.30. The maximum atomic E-state index is 12.8. The third-order valence-corrected chi connectivity index (χ3v) is 5.36. The highest BCUT2D eigenvalue weighted by molar-refractivity contribution is 9.10. The Labute approximate surface area is 136 Å². The van der Waals surface area contributed by atoms with Crippen LogP contribution in [0.15, 0.2) is 16.6 Å². The first-order valence-corrected chi connectivity index (χ1v) is 8.56. The summed E-state index contributed by atoms with van der Waals surface area (Å²) in [6.07, 6.45) is 5.95. The van der Waals surface area contributed by atoms with Gasteiger partial charge < -0.3 is 10.6 Å². The molecule has 1 aliphatic rings. The van der Waals surface area contributed by atoms with Crippen LogP contribution >= 0.6 is 15.9 Å². The first kappa shape index (κ1) is 16.3. The van der Waals surface area contributed by atoms with Crippen molar-refractivity contribution < 1.29 is 4.79 Å². The standard InChI is InChI=1S/C17H25BrN2O/c1-4-12-5-7-14(8-6-12)20(3)17(21)15-9-13(18)10-16(19)11(15)2/h9-10,12,14H,4-8,19H2,1-3H3. The molecule has 1 aliphatic carbocycles. The van der Waals surface area contributed by atoms with Crippen molar-refractivity contribution in [3.63, 3.8) is 0 Å². The summed E-state index contributed by atoms with van der Waals surface area (Å²) < 4.78 is 0.858. The number of nitrogens with zero attached hydrogens (tertiary/aromatic N) is 1. The summed E-state index contributed by atoms with van der Waals surface area (Å²) in [4.78, 5) is 14.7. The van der Waals surface area contributed by atoms with Gasteiger partial charge in [0.1, 0.15) is 0 Å². The Hall–Kier alpha value is -1.03. The Morgan fingerprint density at radius 1 is 1.33 bits per heavy atom. The molecule has 3 nitrogen and oxygen atoms in total. The van der Waals surface area contributed by atoms with Gasteiger partial charge in [-0.15, -0.1) is 0 Å². The maximum absolute atomic E-state index is 12.8. The molecule has 0 heterocycles. The fourth-order valence-corrected chi connectivity index (χ4v) is 3.69. The minimum atomic E-state index is 0.0837. The number of anilines is 1. The molecule has 2 rings (SSSR count). The number of carbonyl (C=O) groups is 1. The van der Waals surface area contributed by atoms with Crippen LogP contribution in [0.25, 0.3) is 0 Å². The molecular weight excluding hydrogens is 328 g/mol. The summed E-state index contributed by atoms with van der Waals surface area (Å²) in [5.74, 6) is 0.924. The smallest absolute Gasteiger partial charge is 0.254 e. The summed E-state index contributed by atoms with van der Waals surface area (Å²) >= 11 is 3.43. The molecule has 0 aliphatic heterocycles. The van der Waals surface area contributed by atoms with Crippen LogP contribution in [0, 0.1) is 12.8 Å². The van der Waals surface area contributed by atoms with Crippen molar-refractivity contribution in [2.75, 3.05) is 12.8 Å². The van der Waals surface area contributed by atoms with Gasteiger partial charge in [-0.05, 0) is 56.2 Å². The van der Waals surface area contributed by atoms with Crippen LogP contribution in [0.1, 0.15) is 54.9 Å². The lowest BCUT2D eigenvalue weighted by atomic mass is 9.84. The Morgan fingerprint density at radius 3 is 2.52 bits per heavy atom. The van der Waals surface area contributed by atoms with E-state index >= 15 is 0 Å². The minimum absolute atomic E-state index is 0.0837. The molecule has 0 spiro atoms. The van der Waals surface area contributed by atoms with Gasteiger partial charge in [0.05, 0.1) is 0 Å². The van der Waals surface area contributed by atoms with Crippen molar-refractivity contribution in [2.45, 2.75) is 52.0 Å². The second-order valence-electron chi connectivity index (χ2n) is 6.17. The number of halogens is 1. The molecule has 1 amide bonds. The number of amides is 1. The van der Waals surface area contributed by atoms with Crippen molar-refractivity contribution >= 4 is 27.5 Å². The third-order valence-electron chi connectivity index (χ3n) is 4.90. The van der Waals surface area contributed by atoms with Crippen LogP contribution in [-0.4, -0.2) is 23.9 Å². The van der Waals surface area contributed by atoms with Crippen molar-refractivity contribution in [1.29, 1.82) is 0 Å². The van der Waals surface area contributed by atoms with Gasteiger partial charge in [0, 0.05) is 28.8 Å². The van der Waals surface area contributed by atoms with Crippen molar-refractivity contribution in [1.82, 2.24) is 4.90 Å². The molecule has 0 bridgehead atoms. The van der Waals surface area contributed by atoms with Crippen LogP contribution in [0.3, 0.4) is 0 Å². The van der Waals surface area contributed by atoms with E-state index in [0.29, 0.717) is 17.3 Å². The Kier molecular flexibility index (Phi) is 5.31. The topological polar surface area (TPSA) is 46.3 Å². The molecule has 0 saturated heterocycles. The Morgan fingerprint density at radius 2 is 1.95 bits per heavy atom. The SMILES string of the molecule is CCC1CCC(N(C)C(=O)c2cc(Br)cc(N)c2C)CC1. The molecule has 1 saturated carbocycles. The van der Waals surface area contributed by atoms with Crippen LogP contribution in [-0.2, 0) is 0 Å². The number of carbonyl (C=O) groups excluding carboxylic acids is 1. The predicted molar refractivity (Wildman–Crippen MR) is 91.4 cm³/mol. The molecule has 4 heteroatoms. The average molecular weight is 353 g/mol. The molecule has 2 N–H and O–H groups in total. The van der Waals surface area contributed by atoms with Crippen LogP contribution in [0.4, 0.5) is 5.69 Å².